The molecule has 0 aliphatic rings. The monoisotopic (exact) mass is 194 g/mol. The van der Waals surface area contributed by atoms with Crippen LogP contribution in [0.1, 0.15) is 11.3 Å². The van der Waals surface area contributed by atoms with Crippen LogP contribution >= 0.6 is 12.2 Å². The summed E-state index contributed by atoms with van der Waals surface area (Å²) in [5, 5.41) is 0. The van der Waals surface area contributed by atoms with Gasteiger partial charge in [-0.15, -0.1) is 0 Å². The van der Waals surface area contributed by atoms with Crippen LogP contribution in [0.3, 0.4) is 0 Å². The molecule has 0 unspecified atom stereocenters. The summed E-state index contributed by atoms with van der Waals surface area (Å²) in [5.74, 6) is 0. The maximum Gasteiger partial charge on any atom is 0.177 e. The number of imidazole rings is 1. The van der Waals surface area contributed by atoms with Crippen molar-refractivity contribution in [1.29, 1.82) is 0 Å². The van der Waals surface area contributed by atoms with Crippen molar-refractivity contribution in [2.24, 2.45) is 0 Å². The SMILES string of the molecule is Cc1cn(Cc2ccoc2)c(=S)[nH]1. The maximum atomic E-state index is 5.12. The Bertz CT molecular complexity index is 438. The predicted molar refractivity (Wildman–Crippen MR) is 52.2 cm³/mol. The molecule has 0 saturated carbocycles. The van der Waals surface area contributed by atoms with Crippen molar-refractivity contribution >= 4 is 12.2 Å². The lowest BCUT2D eigenvalue weighted by molar-refractivity contribution is 0.562. The molecule has 0 aromatic carbocycles. The minimum atomic E-state index is 0.749. The molecule has 2 heterocycles. The molecule has 13 heavy (non-hydrogen) atoms. The summed E-state index contributed by atoms with van der Waals surface area (Å²) in [5.41, 5.74) is 2.20. The molecule has 0 radical (unpaired) electrons. The number of nitrogens with one attached hydrogen (secondary N) is 1. The molecule has 0 aliphatic carbocycles. The lowest BCUT2D eigenvalue weighted by atomic mass is 10.3. The predicted octanol–water partition coefficient (Wildman–Crippen LogP) is 2.50. The minimum Gasteiger partial charge on any atom is -0.472 e. The van der Waals surface area contributed by atoms with Crippen LogP contribution in [0.4, 0.5) is 0 Å². The van der Waals surface area contributed by atoms with Crippen LogP contribution in [0, 0.1) is 11.7 Å². The third-order valence-electron chi connectivity index (χ3n) is 1.85. The number of nitrogens with zero attached hydrogens (tertiary/aromatic N) is 1. The van der Waals surface area contributed by atoms with Crippen molar-refractivity contribution in [3.8, 4) is 0 Å². The molecule has 0 saturated heterocycles. The first-order chi connectivity index (χ1) is 6.25. The number of hydrogen-bond acceptors (Lipinski definition) is 2. The third kappa shape index (κ3) is 1.72. The van der Waals surface area contributed by atoms with Gasteiger partial charge in [0.2, 0.25) is 0 Å². The van der Waals surface area contributed by atoms with Gasteiger partial charge < -0.3 is 14.0 Å². The van der Waals surface area contributed by atoms with Crippen LogP contribution in [-0.4, -0.2) is 9.55 Å². The molecule has 3 nitrogen and oxygen atoms in total. The largest absolute Gasteiger partial charge is 0.472 e. The highest BCUT2D eigenvalue weighted by atomic mass is 32.1. The minimum absolute atomic E-state index is 0.749. The zero-order valence-electron chi connectivity index (χ0n) is 7.28. The van der Waals surface area contributed by atoms with E-state index in [-0.39, 0.29) is 0 Å². The summed E-state index contributed by atoms with van der Waals surface area (Å²) in [7, 11) is 0. The lowest BCUT2D eigenvalue weighted by Crippen LogP contribution is -1.96. The molecule has 0 amide bonds. The standard InChI is InChI=1S/C9H10N2OS/c1-7-4-11(9(13)10-7)5-8-2-3-12-6-8/h2-4,6H,5H2,1H3,(H,10,13). The van der Waals surface area contributed by atoms with Crippen molar-refractivity contribution < 1.29 is 4.42 Å². The summed E-state index contributed by atoms with van der Waals surface area (Å²) in [6, 6.07) is 1.93. The van der Waals surface area contributed by atoms with Crippen LogP contribution in [0.15, 0.2) is 29.2 Å². The van der Waals surface area contributed by atoms with Gasteiger partial charge in [0, 0.05) is 17.5 Å². The number of hydrogen-bond donors (Lipinski definition) is 1. The van der Waals surface area contributed by atoms with Gasteiger partial charge in [-0.05, 0) is 25.2 Å². The average Bonchev–Trinajstić information content (AvgIpc) is 2.63. The normalized spacial score (nSPS) is 10.5. The molecular formula is C9H10N2OS. The molecule has 68 valence electrons. The van der Waals surface area contributed by atoms with Gasteiger partial charge >= 0.3 is 0 Å². The fraction of sp³-hybridized carbons (Fsp3) is 0.222. The zero-order valence-corrected chi connectivity index (χ0v) is 8.10. The Morgan fingerprint density at radius 2 is 2.46 bits per heavy atom. The molecule has 2 rings (SSSR count). The molecule has 0 atom stereocenters. The number of furan rings is 1. The molecule has 0 bridgehead atoms. The van der Waals surface area contributed by atoms with Gasteiger partial charge in [-0.2, -0.15) is 0 Å². The van der Waals surface area contributed by atoms with Crippen LogP contribution in [0.2, 0.25) is 0 Å². The van der Waals surface area contributed by atoms with E-state index in [0.29, 0.717) is 0 Å². The number of aromatic nitrogens is 2. The summed E-state index contributed by atoms with van der Waals surface area (Å²) in [6.07, 6.45) is 5.39. The van der Waals surface area contributed by atoms with Crippen molar-refractivity contribution in [2.75, 3.05) is 0 Å². The van der Waals surface area contributed by atoms with Gasteiger partial charge in [0.25, 0.3) is 0 Å². The van der Waals surface area contributed by atoms with Crippen LogP contribution in [0.5, 0.6) is 0 Å². The summed E-state index contributed by atoms with van der Waals surface area (Å²) < 4.78 is 7.71. The molecule has 1 N–H and O–H groups in total. The summed E-state index contributed by atoms with van der Waals surface area (Å²) in [4.78, 5) is 3.07. The highest BCUT2D eigenvalue weighted by Crippen LogP contribution is 2.05. The van der Waals surface area contributed by atoms with Crippen LogP contribution < -0.4 is 0 Å². The van der Waals surface area contributed by atoms with Gasteiger partial charge in [0.1, 0.15) is 0 Å². The molecule has 4 heteroatoms. The van der Waals surface area contributed by atoms with Crippen LogP contribution in [0.25, 0.3) is 0 Å². The van der Waals surface area contributed by atoms with E-state index >= 15 is 0 Å². The second kappa shape index (κ2) is 3.22. The average molecular weight is 194 g/mol. The van der Waals surface area contributed by atoms with Gasteiger partial charge in [-0.1, -0.05) is 0 Å². The van der Waals surface area contributed by atoms with E-state index in [2.05, 4.69) is 4.98 Å². The first kappa shape index (κ1) is 8.31. The van der Waals surface area contributed by atoms with E-state index in [9.17, 15) is 0 Å². The Morgan fingerprint density at radius 3 is 3.00 bits per heavy atom. The first-order valence-electron chi connectivity index (χ1n) is 4.03. The number of aromatic amines is 1. The second-order valence-corrected chi connectivity index (χ2v) is 3.39. The Kier molecular flexibility index (Phi) is 2.06. The van der Waals surface area contributed by atoms with Gasteiger partial charge in [-0.3, -0.25) is 0 Å². The third-order valence-corrected chi connectivity index (χ3v) is 2.18. The van der Waals surface area contributed by atoms with E-state index in [1.54, 1.807) is 12.5 Å². The van der Waals surface area contributed by atoms with Crippen molar-refractivity contribution in [3.05, 3.63) is 40.8 Å². The highest BCUT2D eigenvalue weighted by Gasteiger charge is 1.98. The summed E-state index contributed by atoms with van der Waals surface area (Å²) in [6.45, 7) is 2.75. The van der Waals surface area contributed by atoms with E-state index in [1.807, 2.05) is 23.8 Å². The van der Waals surface area contributed by atoms with Gasteiger partial charge in [0.05, 0.1) is 19.1 Å². The maximum absolute atomic E-state index is 5.12. The number of aryl methyl sites for hydroxylation is 1. The fourth-order valence-electron chi connectivity index (χ4n) is 1.26. The Hall–Kier alpha value is -1.29. The topological polar surface area (TPSA) is 33.9 Å². The van der Waals surface area contributed by atoms with Crippen molar-refractivity contribution in [1.82, 2.24) is 9.55 Å². The van der Waals surface area contributed by atoms with Crippen molar-refractivity contribution in [2.45, 2.75) is 13.5 Å². The van der Waals surface area contributed by atoms with Crippen LogP contribution in [-0.2, 0) is 6.54 Å². The quantitative estimate of drug-likeness (QED) is 0.745. The second-order valence-electron chi connectivity index (χ2n) is 3.00. The first-order valence-corrected chi connectivity index (χ1v) is 4.43. The Morgan fingerprint density at radius 1 is 1.62 bits per heavy atom. The van der Waals surface area contributed by atoms with E-state index in [1.165, 1.54) is 0 Å². The Balaban J connectivity index is 2.28. The smallest absolute Gasteiger partial charge is 0.177 e. The number of rotatable bonds is 2. The molecule has 0 spiro atoms. The number of H-pyrrole nitrogens is 1. The fourth-order valence-corrected chi connectivity index (χ4v) is 1.54. The van der Waals surface area contributed by atoms with Gasteiger partial charge in [0.15, 0.2) is 4.77 Å². The van der Waals surface area contributed by atoms with E-state index in [0.717, 1.165) is 22.6 Å². The highest BCUT2D eigenvalue weighted by molar-refractivity contribution is 7.71. The van der Waals surface area contributed by atoms with Gasteiger partial charge in [-0.25, -0.2) is 0 Å². The summed E-state index contributed by atoms with van der Waals surface area (Å²) >= 11 is 5.12. The van der Waals surface area contributed by atoms with E-state index in [4.69, 9.17) is 16.6 Å². The molecular weight excluding hydrogens is 184 g/mol. The Labute approximate surface area is 81.0 Å². The van der Waals surface area contributed by atoms with E-state index < -0.39 is 0 Å². The van der Waals surface area contributed by atoms with Crippen molar-refractivity contribution in [3.63, 3.8) is 0 Å². The molecule has 2 aromatic heterocycles. The lowest BCUT2D eigenvalue weighted by Gasteiger charge is -1.96. The molecule has 0 aliphatic heterocycles. The zero-order chi connectivity index (χ0) is 9.26. The molecule has 0 fully saturated rings. The molecule has 2 aromatic rings.